The minimum Gasteiger partial charge on any atom is -0.493 e. The molecule has 136 valence electrons. The van der Waals surface area contributed by atoms with Gasteiger partial charge in [0.1, 0.15) is 0 Å². The molecule has 1 aromatic carbocycles. The molecule has 1 N–H and O–H groups in total. The molecule has 26 heavy (non-hydrogen) atoms. The first kappa shape index (κ1) is 16.6. The van der Waals surface area contributed by atoms with Crippen LogP contribution in [-0.4, -0.2) is 51.9 Å². The standard InChI is InChI=1S/C19H21N3O4/c1-26-15-12-22(13-5-3-2-4-6-13)20-16(15)17(23)21-9-7-19(8-10-21)11-14(19)18(24)25/h2-6,12,14H,7-11H2,1H3,(H,24,25). The summed E-state index contributed by atoms with van der Waals surface area (Å²) in [6.07, 6.45) is 3.90. The molecule has 0 radical (unpaired) electrons. The number of hydrogen-bond donors (Lipinski definition) is 1. The summed E-state index contributed by atoms with van der Waals surface area (Å²) in [6, 6.07) is 9.55. The summed E-state index contributed by atoms with van der Waals surface area (Å²) in [7, 11) is 1.52. The highest BCUT2D eigenvalue weighted by atomic mass is 16.5. The fraction of sp³-hybridized carbons (Fsp3) is 0.421. The minimum atomic E-state index is -0.715. The summed E-state index contributed by atoms with van der Waals surface area (Å²) in [4.78, 5) is 25.9. The average molecular weight is 355 g/mol. The number of para-hydroxylation sites is 1. The third kappa shape index (κ3) is 2.73. The Morgan fingerprint density at radius 3 is 2.50 bits per heavy atom. The molecule has 1 saturated carbocycles. The van der Waals surface area contributed by atoms with Gasteiger partial charge in [0, 0.05) is 13.1 Å². The van der Waals surface area contributed by atoms with Crippen molar-refractivity contribution in [1.29, 1.82) is 0 Å². The SMILES string of the molecule is COc1cn(-c2ccccc2)nc1C(=O)N1CCC2(CC1)CC2C(=O)O. The van der Waals surface area contributed by atoms with Crippen molar-refractivity contribution in [3.8, 4) is 11.4 Å². The highest BCUT2D eigenvalue weighted by molar-refractivity contribution is 5.95. The lowest BCUT2D eigenvalue weighted by atomic mass is 9.90. The number of benzene rings is 1. The second-order valence-corrected chi connectivity index (χ2v) is 7.08. The maximum atomic E-state index is 12.9. The molecule has 1 aliphatic carbocycles. The van der Waals surface area contributed by atoms with Gasteiger partial charge in [0.05, 0.1) is 24.9 Å². The van der Waals surface area contributed by atoms with E-state index in [0.717, 1.165) is 24.9 Å². The Bertz CT molecular complexity index is 838. The van der Waals surface area contributed by atoms with Crippen molar-refractivity contribution in [3.05, 3.63) is 42.2 Å². The van der Waals surface area contributed by atoms with Gasteiger partial charge < -0.3 is 14.7 Å². The van der Waals surface area contributed by atoms with Gasteiger partial charge in [0.15, 0.2) is 11.4 Å². The molecule has 0 bridgehead atoms. The lowest BCUT2D eigenvalue weighted by Gasteiger charge is -2.32. The van der Waals surface area contributed by atoms with Crippen LogP contribution in [0.3, 0.4) is 0 Å². The molecule has 7 nitrogen and oxygen atoms in total. The number of amides is 1. The molecule has 1 atom stereocenters. The van der Waals surface area contributed by atoms with Crippen LogP contribution >= 0.6 is 0 Å². The number of nitrogens with zero attached hydrogens (tertiary/aromatic N) is 3. The second kappa shape index (κ2) is 6.16. The Morgan fingerprint density at radius 1 is 1.23 bits per heavy atom. The van der Waals surface area contributed by atoms with E-state index in [0.29, 0.717) is 18.8 Å². The first-order valence-corrected chi connectivity index (χ1v) is 8.75. The van der Waals surface area contributed by atoms with Crippen LogP contribution in [0.15, 0.2) is 36.5 Å². The number of piperidine rings is 1. The van der Waals surface area contributed by atoms with Gasteiger partial charge in [-0.25, -0.2) is 4.68 Å². The molecular formula is C19H21N3O4. The highest BCUT2D eigenvalue weighted by Gasteiger charge is 2.59. The van der Waals surface area contributed by atoms with Crippen LogP contribution in [0.25, 0.3) is 5.69 Å². The van der Waals surface area contributed by atoms with E-state index in [1.165, 1.54) is 7.11 Å². The van der Waals surface area contributed by atoms with Crippen LogP contribution in [0, 0.1) is 11.3 Å². The topological polar surface area (TPSA) is 84.7 Å². The number of carbonyl (C=O) groups is 2. The third-order valence-corrected chi connectivity index (χ3v) is 5.66. The maximum absolute atomic E-state index is 12.9. The lowest BCUT2D eigenvalue weighted by molar-refractivity contribution is -0.139. The van der Waals surface area contributed by atoms with Gasteiger partial charge in [-0.05, 0) is 36.8 Å². The molecule has 1 aliphatic heterocycles. The van der Waals surface area contributed by atoms with Crippen LogP contribution in [0.4, 0.5) is 0 Å². The van der Waals surface area contributed by atoms with E-state index in [1.807, 2.05) is 30.3 Å². The van der Waals surface area contributed by atoms with Gasteiger partial charge in [-0.2, -0.15) is 5.10 Å². The normalized spacial score (nSPS) is 20.8. The van der Waals surface area contributed by atoms with Gasteiger partial charge >= 0.3 is 5.97 Å². The number of carboxylic acids is 1. The number of hydrogen-bond acceptors (Lipinski definition) is 4. The summed E-state index contributed by atoms with van der Waals surface area (Å²) < 4.78 is 6.99. The van der Waals surface area contributed by atoms with Crippen molar-refractivity contribution in [3.63, 3.8) is 0 Å². The predicted molar refractivity (Wildman–Crippen MR) is 93.4 cm³/mol. The zero-order chi connectivity index (χ0) is 18.3. The summed E-state index contributed by atoms with van der Waals surface area (Å²) >= 11 is 0. The first-order chi connectivity index (χ1) is 12.5. The molecule has 2 fully saturated rings. The molecule has 1 aromatic heterocycles. The molecule has 7 heteroatoms. The monoisotopic (exact) mass is 355 g/mol. The quantitative estimate of drug-likeness (QED) is 0.909. The van der Waals surface area contributed by atoms with E-state index in [2.05, 4.69) is 5.10 Å². The summed E-state index contributed by atoms with van der Waals surface area (Å²) in [5.41, 5.74) is 1.04. The third-order valence-electron chi connectivity index (χ3n) is 5.66. The van der Waals surface area contributed by atoms with Crippen LogP contribution in [-0.2, 0) is 4.79 Å². The lowest BCUT2D eigenvalue weighted by Crippen LogP contribution is -2.40. The Hall–Kier alpha value is -2.83. The first-order valence-electron chi connectivity index (χ1n) is 8.75. The van der Waals surface area contributed by atoms with Crippen molar-refractivity contribution >= 4 is 11.9 Å². The zero-order valence-corrected chi connectivity index (χ0v) is 14.6. The molecule has 1 unspecified atom stereocenters. The van der Waals surface area contributed by atoms with Crippen LogP contribution in [0.5, 0.6) is 5.75 Å². The van der Waals surface area contributed by atoms with Gasteiger partial charge in [0.25, 0.3) is 5.91 Å². The number of aromatic nitrogens is 2. The van der Waals surface area contributed by atoms with Crippen molar-refractivity contribution in [2.75, 3.05) is 20.2 Å². The number of aliphatic carboxylic acids is 1. The molecular weight excluding hydrogens is 334 g/mol. The van der Waals surface area contributed by atoms with E-state index < -0.39 is 5.97 Å². The van der Waals surface area contributed by atoms with Crippen LogP contribution in [0.2, 0.25) is 0 Å². The number of ether oxygens (including phenoxy) is 1. The largest absolute Gasteiger partial charge is 0.493 e. The Balaban J connectivity index is 1.50. The van der Waals surface area contributed by atoms with Crippen molar-refractivity contribution in [2.24, 2.45) is 11.3 Å². The molecule has 4 rings (SSSR count). The summed E-state index contributed by atoms with van der Waals surface area (Å²) in [6.45, 7) is 1.12. The Kier molecular flexibility index (Phi) is 3.94. The van der Waals surface area contributed by atoms with E-state index in [-0.39, 0.29) is 22.9 Å². The highest BCUT2D eigenvalue weighted by Crippen LogP contribution is 2.59. The molecule has 1 spiro atoms. The predicted octanol–water partition coefficient (Wildman–Crippen LogP) is 2.21. The average Bonchev–Trinajstić information content (AvgIpc) is 3.19. The summed E-state index contributed by atoms with van der Waals surface area (Å²) in [5, 5.41) is 13.6. The van der Waals surface area contributed by atoms with Crippen molar-refractivity contribution < 1.29 is 19.4 Å². The van der Waals surface area contributed by atoms with Crippen LogP contribution in [0.1, 0.15) is 29.8 Å². The van der Waals surface area contributed by atoms with E-state index in [9.17, 15) is 14.7 Å². The number of carbonyl (C=O) groups excluding carboxylic acids is 1. The minimum absolute atomic E-state index is 0.101. The maximum Gasteiger partial charge on any atom is 0.307 e. The van der Waals surface area contributed by atoms with E-state index in [4.69, 9.17) is 4.74 Å². The molecule has 2 aromatic rings. The Labute approximate surface area is 151 Å². The fourth-order valence-electron chi connectivity index (χ4n) is 3.92. The van der Waals surface area contributed by atoms with Crippen LogP contribution < -0.4 is 4.74 Å². The molecule has 1 saturated heterocycles. The van der Waals surface area contributed by atoms with Gasteiger partial charge in [-0.3, -0.25) is 9.59 Å². The second-order valence-electron chi connectivity index (χ2n) is 7.08. The summed E-state index contributed by atoms with van der Waals surface area (Å²) in [5.74, 6) is -0.687. The number of likely N-dealkylation sites (tertiary alicyclic amines) is 1. The number of rotatable bonds is 4. The number of methoxy groups -OCH3 is 1. The zero-order valence-electron chi connectivity index (χ0n) is 14.6. The van der Waals surface area contributed by atoms with Crippen molar-refractivity contribution in [2.45, 2.75) is 19.3 Å². The van der Waals surface area contributed by atoms with E-state index >= 15 is 0 Å². The van der Waals surface area contributed by atoms with Gasteiger partial charge in [-0.1, -0.05) is 18.2 Å². The van der Waals surface area contributed by atoms with Crippen molar-refractivity contribution in [1.82, 2.24) is 14.7 Å². The Morgan fingerprint density at radius 2 is 1.92 bits per heavy atom. The van der Waals surface area contributed by atoms with E-state index in [1.54, 1.807) is 15.8 Å². The fourth-order valence-corrected chi connectivity index (χ4v) is 3.92. The molecule has 1 amide bonds. The molecule has 2 aliphatic rings. The number of carboxylic acid groups (broad SMARTS) is 1. The van der Waals surface area contributed by atoms with Gasteiger partial charge in [0.2, 0.25) is 0 Å². The smallest absolute Gasteiger partial charge is 0.307 e. The molecule has 2 heterocycles. The van der Waals surface area contributed by atoms with Gasteiger partial charge in [-0.15, -0.1) is 0 Å².